The molecular weight excluding hydrogens is 226 g/mol. The summed E-state index contributed by atoms with van der Waals surface area (Å²) in [5.74, 6) is -0.697. The van der Waals surface area contributed by atoms with Gasteiger partial charge in [-0.2, -0.15) is 0 Å². The molecule has 1 unspecified atom stereocenters. The molecule has 0 spiro atoms. The third-order valence-electron chi connectivity index (χ3n) is 2.28. The smallest absolute Gasteiger partial charge is 0.326 e. The van der Waals surface area contributed by atoms with Gasteiger partial charge in [-0.3, -0.25) is 4.79 Å². The summed E-state index contributed by atoms with van der Waals surface area (Å²) in [5.41, 5.74) is 0.395. The molecule has 0 heterocycles. The van der Waals surface area contributed by atoms with Crippen LogP contribution in [0.1, 0.15) is 5.56 Å². The first-order valence-corrected chi connectivity index (χ1v) is 4.87. The summed E-state index contributed by atoms with van der Waals surface area (Å²) in [6, 6.07) is 3.42. The summed E-state index contributed by atoms with van der Waals surface area (Å²) in [5, 5.41) is 20.6. The van der Waals surface area contributed by atoms with Crippen molar-refractivity contribution in [2.45, 2.75) is 12.5 Å². The standard InChI is InChI=1S/C11H13NO5/c1-17-8-2-3-10(14)7(4-8)5-9(11(15)16)12-6-13/h2-4,6,9,14H,5H2,1H3,(H,12,13)(H,15,16). The number of hydrogen-bond donors (Lipinski definition) is 3. The van der Waals surface area contributed by atoms with E-state index < -0.39 is 12.0 Å². The number of phenols is 1. The number of nitrogens with one attached hydrogen (secondary N) is 1. The Morgan fingerprint density at radius 2 is 2.29 bits per heavy atom. The van der Waals surface area contributed by atoms with Gasteiger partial charge in [0, 0.05) is 12.0 Å². The summed E-state index contributed by atoms with van der Waals surface area (Å²) in [6.45, 7) is 0. The Hall–Kier alpha value is -2.24. The molecule has 1 aromatic carbocycles. The Kier molecular flexibility index (Phi) is 4.33. The molecule has 0 radical (unpaired) electrons. The van der Waals surface area contributed by atoms with Crippen LogP contribution in [0.15, 0.2) is 18.2 Å². The number of aromatic hydroxyl groups is 1. The second-order valence-corrected chi connectivity index (χ2v) is 3.37. The van der Waals surface area contributed by atoms with Gasteiger partial charge in [-0.05, 0) is 18.2 Å². The van der Waals surface area contributed by atoms with E-state index in [0.717, 1.165) is 0 Å². The van der Waals surface area contributed by atoms with E-state index in [2.05, 4.69) is 5.32 Å². The number of benzene rings is 1. The van der Waals surface area contributed by atoms with Crippen molar-refractivity contribution in [3.05, 3.63) is 23.8 Å². The van der Waals surface area contributed by atoms with Crippen LogP contribution in [0.3, 0.4) is 0 Å². The van der Waals surface area contributed by atoms with Crippen molar-refractivity contribution >= 4 is 12.4 Å². The second kappa shape index (κ2) is 5.74. The van der Waals surface area contributed by atoms with Gasteiger partial charge in [0.25, 0.3) is 0 Å². The molecule has 0 saturated carbocycles. The molecule has 3 N–H and O–H groups in total. The number of carbonyl (C=O) groups excluding carboxylic acids is 1. The van der Waals surface area contributed by atoms with E-state index in [0.29, 0.717) is 17.7 Å². The van der Waals surface area contributed by atoms with Crippen LogP contribution in [0.25, 0.3) is 0 Å². The monoisotopic (exact) mass is 239 g/mol. The first kappa shape index (κ1) is 12.8. The molecule has 17 heavy (non-hydrogen) atoms. The Morgan fingerprint density at radius 3 is 2.82 bits per heavy atom. The molecule has 0 saturated heterocycles. The zero-order valence-electron chi connectivity index (χ0n) is 9.21. The molecule has 0 aliphatic heterocycles. The Labute approximate surface area is 97.8 Å². The molecule has 1 amide bonds. The van der Waals surface area contributed by atoms with Crippen molar-refractivity contribution in [1.29, 1.82) is 0 Å². The van der Waals surface area contributed by atoms with Gasteiger partial charge in [0.1, 0.15) is 17.5 Å². The van der Waals surface area contributed by atoms with Gasteiger partial charge in [-0.15, -0.1) is 0 Å². The number of hydrogen-bond acceptors (Lipinski definition) is 4. The first-order chi connectivity index (χ1) is 8.08. The van der Waals surface area contributed by atoms with E-state index in [1.807, 2.05) is 0 Å². The fourth-order valence-corrected chi connectivity index (χ4v) is 1.37. The van der Waals surface area contributed by atoms with E-state index in [9.17, 15) is 14.7 Å². The average Bonchev–Trinajstić information content (AvgIpc) is 2.31. The lowest BCUT2D eigenvalue weighted by Crippen LogP contribution is -2.37. The van der Waals surface area contributed by atoms with Gasteiger partial charge in [-0.25, -0.2) is 4.79 Å². The van der Waals surface area contributed by atoms with Gasteiger partial charge >= 0.3 is 5.97 Å². The minimum Gasteiger partial charge on any atom is -0.508 e. The highest BCUT2D eigenvalue weighted by molar-refractivity contribution is 5.76. The van der Waals surface area contributed by atoms with Crippen molar-refractivity contribution in [1.82, 2.24) is 5.32 Å². The highest BCUT2D eigenvalue weighted by Crippen LogP contribution is 2.24. The summed E-state index contributed by atoms with van der Waals surface area (Å²) in [6.07, 6.45) is 0.299. The number of phenolic OH excluding ortho intramolecular Hbond substituents is 1. The highest BCUT2D eigenvalue weighted by atomic mass is 16.5. The number of carboxylic acids is 1. The topological polar surface area (TPSA) is 95.9 Å². The molecular formula is C11H13NO5. The van der Waals surface area contributed by atoms with E-state index in [1.54, 1.807) is 6.07 Å². The molecule has 92 valence electrons. The number of rotatable bonds is 6. The molecule has 0 aliphatic rings. The fourth-order valence-electron chi connectivity index (χ4n) is 1.37. The van der Waals surface area contributed by atoms with Gasteiger partial charge in [0.05, 0.1) is 7.11 Å². The molecule has 6 heteroatoms. The van der Waals surface area contributed by atoms with Gasteiger partial charge < -0.3 is 20.3 Å². The lowest BCUT2D eigenvalue weighted by atomic mass is 10.0. The lowest BCUT2D eigenvalue weighted by Gasteiger charge is -2.13. The molecule has 1 aromatic rings. The van der Waals surface area contributed by atoms with Crippen molar-refractivity contribution in [3.8, 4) is 11.5 Å². The minimum atomic E-state index is -1.17. The summed E-state index contributed by atoms with van der Waals surface area (Å²) >= 11 is 0. The lowest BCUT2D eigenvalue weighted by molar-refractivity contribution is -0.140. The van der Waals surface area contributed by atoms with Crippen molar-refractivity contribution < 1.29 is 24.5 Å². The zero-order valence-corrected chi connectivity index (χ0v) is 9.21. The van der Waals surface area contributed by atoms with Gasteiger partial charge in [0.2, 0.25) is 6.41 Å². The number of carbonyl (C=O) groups is 2. The van der Waals surface area contributed by atoms with Crippen molar-refractivity contribution in [2.24, 2.45) is 0 Å². The third kappa shape index (κ3) is 3.37. The van der Waals surface area contributed by atoms with Gasteiger partial charge in [0.15, 0.2) is 0 Å². The molecule has 6 nitrogen and oxygen atoms in total. The molecule has 0 aliphatic carbocycles. The number of aliphatic carboxylic acids is 1. The molecule has 0 aromatic heterocycles. The molecule has 1 rings (SSSR count). The second-order valence-electron chi connectivity index (χ2n) is 3.37. The summed E-state index contributed by atoms with van der Waals surface area (Å²) in [7, 11) is 1.47. The van der Waals surface area contributed by atoms with E-state index in [1.165, 1.54) is 19.2 Å². The summed E-state index contributed by atoms with van der Waals surface area (Å²) < 4.78 is 4.96. The van der Waals surface area contributed by atoms with Gasteiger partial charge in [-0.1, -0.05) is 0 Å². The van der Waals surface area contributed by atoms with Crippen LogP contribution < -0.4 is 10.1 Å². The SMILES string of the molecule is COc1ccc(O)c(CC(NC=O)C(=O)O)c1. The largest absolute Gasteiger partial charge is 0.508 e. The zero-order chi connectivity index (χ0) is 12.8. The normalized spacial score (nSPS) is 11.6. The molecule has 1 atom stereocenters. The first-order valence-electron chi connectivity index (χ1n) is 4.87. The van der Waals surface area contributed by atoms with Crippen LogP contribution >= 0.6 is 0 Å². The highest BCUT2D eigenvalue weighted by Gasteiger charge is 2.18. The van der Waals surface area contributed by atoms with E-state index >= 15 is 0 Å². The maximum absolute atomic E-state index is 10.8. The van der Waals surface area contributed by atoms with Crippen molar-refractivity contribution in [3.63, 3.8) is 0 Å². The predicted molar refractivity (Wildman–Crippen MR) is 59.0 cm³/mol. The third-order valence-corrected chi connectivity index (χ3v) is 2.28. The molecule has 0 fully saturated rings. The predicted octanol–water partition coefficient (Wildman–Crippen LogP) is 0.142. The van der Waals surface area contributed by atoms with E-state index in [-0.39, 0.29) is 12.2 Å². The number of ether oxygens (including phenoxy) is 1. The Morgan fingerprint density at radius 1 is 1.59 bits per heavy atom. The van der Waals surface area contributed by atoms with E-state index in [4.69, 9.17) is 9.84 Å². The minimum absolute atomic E-state index is 0.0168. The Balaban J connectivity index is 2.91. The van der Waals surface area contributed by atoms with Crippen LogP contribution in [0.5, 0.6) is 11.5 Å². The van der Waals surface area contributed by atoms with Crippen LogP contribution in [0, 0.1) is 0 Å². The fraction of sp³-hybridized carbons (Fsp3) is 0.273. The van der Waals surface area contributed by atoms with Crippen molar-refractivity contribution in [2.75, 3.05) is 7.11 Å². The van der Waals surface area contributed by atoms with Crippen LogP contribution in [-0.4, -0.2) is 35.7 Å². The number of methoxy groups -OCH3 is 1. The van der Waals surface area contributed by atoms with Crippen LogP contribution in [-0.2, 0) is 16.0 Å². The number of carboxylic acid groups (broad SMARTS) is 1. The summed E-state index contributed by atoms with van der Waals surface area (Å²) in [4.78, 5) is 21.1. The quantitative estimate of drug-likeness (QED) is 0.614. The van der Waals surface area contributed by atoms with Crippen LogP contribution in [0.2, 0.25) is 0 Å². The maximum atomic E-state index is 10.8. The number of amides is 1. The maximum Gasteiger partial charge on any atom is 0.326 e. The van der Waals surface area contributed by atoms with Crippen LogP contribution in [0.4, 0.5) is 0 Å². The molecule has 0 bridgehead atoms. The average molecular weight is 239 g/mol. The Bertz CT molecular complexity index is 418.